The van der Waals surface area contributed by atoms with Crippen LogP contribution in [0.2, 0.25) is 0 Å². The zero-order valence-corrected chi connectivity index (χ0v) is 34.6. The number of methoxy groups -OCH3 is 1. The predicted octanol–water partition coefficient (Wildman–Crippen LogP) is -0.734. The van der Waals surface area contributed by atoms with E-state index in [0.29, 0.717) is 12.0 Å². The Balaban J connectivity index is 1.11. The number of phenols is 1. The van der Waals surface area contributed by atoms with Gasteiger partial charge in [-0.25, -0.2) is 4.79 Å². The highest BCUT2D eigenvalue weighted by molar-refractivity contribution is 5.88. The quantitative estimate of drug-likeness (QED) is 0.0609. The van der Waals surface area contributed by atoms with Gasteiger partial charge in [0, 0.05) is 35.6 Å². The summed E-state index contributed by atoms with van der Waals surface area (Å²) in [5, 5.41) is 106. The van der Waals surface area contributed by atoms with E-state index in [2.05, 4.69) is 0 Å². The molecule has 3 aliphatic heterocycles. The summed E-state index contributed by atoms with van der Waals surface area (Å²) in [6.45, 7) is 3.78. The van der Waals surface area contributed by atoms with Crippen molar-refractivity contribution in [2.45, 2.75) is 112 Å². The minimum Gasteiger partial charge on any atom is -0.507 e. The number of aliphatic hydroxyl groups excluding tert-OH is 8. The van der Waals surface area contributed by atoms with E-state index in [9.17, 15) is 60.7 Å². The Morgan fingerprint density at radius 1 is 0.857 bits per heavy atom. The second-order valence-corrected chi connectivity index (χ2v) is 16.8. The second kappa shape index (κ2) is 17.7. The number of aromatic hydroxyl groups is 1. The van der Waals surface area contributed by atoms with Crippen LogP contribution in [0.1, 0.15) is 33.6 Å². The average molecular weight is 889 g/mol. The fraction of sp³-hybridized carbons (Fsp3) is 0.535. The SMILES string of the molecule is COc1cc(O)c2c(=O)c(OC3OC(CO)C(O)C(O)C3O)c(-c3ccc(OC4OC(CO)C(O)C(OC(=O)/C=C(C)/C=C/C5(O)C6(C)COC5(C)CC(O)C6)C4O)cc3)oc2c1. The average Bonchev–Trinajstić information content (AvgIpc) is 3.33. The number of rotatable bonds is 12. The van der Waals surface area contributed by atoms with Crippen molar-refractivity contribution >= 4 is 16.9 Å². The first-order chi connectivity index (χ1) is 29.8. The number of benzene rings is 2. The van der Waals surface area contributed by atoms with Crippen LogP contribution in [-0.4, -0.2) is 163 Å². The van der Waals surface area contributed by atoms with Gasteiger partial charge in [0.25, 0.3) is 0 Å². The molecule has 10 N–H and O–H groups in total. The minimum atomic E-state index is -1.91. The smallest absolute Gasteiger partial charge is 0.331 e. The monoisotopic (exact) mass is 888 g/mol. The molecule has 63 heavy (non-hydrogen) atoms. The third kappa shape index (κ3) is 8.42. The highest BCUT2D eigenvalue weighted by Crippen LogP contribution is 2.57. The first kappa shape index (κ1) is 46.3. The molecular formula is C43H52O20. The molecule has 20 heteroatoms. The van der Waals surface area contributed by atoms with Gasteiger partial charge in [0.05, 0.1) is 33.0 Å². The molecule has 3 aromatic rings. The number of allylic oxidation sites excluding steroid dienone is 2. The van der Waals surface area contributed by atoms with Gasteiger partial charge in [0.1, 0.15) is 76.0 Å². The van der Waals surface area contributed by atoms with Gasteiger partial charge in [-0.2, -0.15) is 0 Å². The number of aliphatic hydroxyl groups is 9. The summed E-state index contributed by atoms with van der Waals surface area (Å²) in [5.41, 5.74) is -3.93. The highest BCUT2D eigenvalue weighted by Gasteiger charge is 2.67. The van der Waals surface area contributed by atoms with Crippen LogP contribution < -0.4 is 19.6 Å². The van der Waals surface area contributed by atoms with Gasteiger partial charge in [-0.05, 0) is 56.2 Å². The zero-order valence-electron chi connectivity index (χ0n) is 34.6. The van der Waals surface area contributed by atoms with Crippen molar-refractivity contribution in [2.24, 2.45) is 5.41 Å². The Kier molecular flexibility index (Phi) is 13.0. The van der Waals surface area contributed by atoms with Crippen molar-refractivity contribution in [1.82, 2.24) is 0 Å². The number of carbonyl (C=O) groups is 1. The molecule has 344 valence electrons. The largest absolute Gasteiger partial charge is 0.507 e. The van der Waals surface area contributed by atoms with Crippen LogP contribution in [0.3, 0.4) is 0 Å². The van der Waals surface area contributed by atoms with E-state index in [1.54, 1.807) is 13.8 Å². The third-order valence-corrected chi connectivity index (χ3v) is 12.3. The van der Waals surface area contributed by atoms with Crippen LogP contribution in [0.5, 0.6) is 23.0 Å². The minimum absolute atomic E-state index is 0.0224. The first-order valence-corrected chi connectivity index (χ1v) is 20.1. The van der Waals surface area contributed by atoms with E-state index in [-0.39, 0.29) is 46.8 Å². The van der Waals surface area contributed by atoms with Crippen LogP contribution in [0.15, 0.2) is 69.4 Å². The molecule has 0 spiro atoms. The molecule has 2 aromatic carbocycles. The molecule has 1 aliphatic carbocycles. The maximum Gasteiger partial charge on any atom is 0.331 e. The van der Waals surface area contributed by atoms with E-state index < -0.39 is 120 Å². The van der Waals surface area contributed by atoms with E-state index in [1.165, 1.54) is 49.6 Å². The molecule has 4 fully saturated rings. The van der Waals surface area contributed by atoms with Crippen molar-refractivity contribution in [3.05, 3.63) is 70.4 Å². The Bertz CT molecular complexity index is 2250. The summed E-state index contributed by atoms with van der Waals surface area (Å²) in [6, 6.07) is 7.96. The molecular weight excluding hydrogens is 836 g/mol. The van der Waals surface area contributed by atoms with Gasteiger partial charge in [-0.3, -0.25) is 4.79 Å². The van der Waals surface area contributed by atoms with Gasteiger partial charge in [-0.1, -0.05) is 13.0 Å². The summed E-state index contributed by atoms with van der Waals surface area (Å²) >= 11 is 0. The van der Waals surface area contributed by atoms with E-state index >= 15 is 0 Å². The number of hydrogen-bond donors (Lipinski definition) is 10. The number of phenolic OH excluding ortho intramolecular Hbond substituents is 1. The van der Waals surface area contributed by atoms with Gasteiger partial charge in [0.15, 0.2) is 18.0 Å². The van der Waals surface area contributed by atoms with Crippen molar-refractivity contribution < 1.29 is 93.4 Å². The molecule has 7 rings (SSSR count). The second-order valence-electron chi connectivity index (χ2n) is 16.8. The molecule has 2 bridgehead atoms. The van der Waals surface area contributed by atoms with Gasteiger partial charge in [0.2, 0.25) is 23.8 Å². The van der Waals surface area contributed by atoms with E-state index in [1.807, 2.05) is 6.92 Å². The standard InChI is InChI=1S/C43H52O20/c1-19(9-10-43(55)41(2)14-21(46)15-42(43,3)57-18-41)11-28(48)62-37-31(50)27(17-45)61-40(35(37)54)58-22-7-5-20(6-8-22)36-38(63-39-34(53)33(52)30(49)26(16-44)60-39)32(51)29-24(47)12-23(56-4)13-25(29)59-36/h5-13,21,26-27,30-31,33-35,37,39-40,44-47,49-50,52-55H,14-18H2,1-4H3/b10-9+,19-11+. The fourth-order valence-corrected chi connectivity index (χ4v) is 8.74. The highest BCUT2D eigenvalue weighted by atomic mass is 16.7. The van der Waals surface area contributed by atoms with Crippen molar-refractivity contribution in [3.8, 4) is 34.3 Å². The topological polar surface area (TPSA) is 314 Å². The Labute approximate surface area is 359 Å². The van der Waals surface area contributed by atoms with Crippen LogP contribution in [0, 0.1) is 5.41 Å². The molecule has 14 atom stereocenters. The maximum atomic E-state index is 13.9. The van der Waals surface area contributed by atoms with Crippen LogP contribution in [0.25, 0.3) is 22.3 Å². The van der Waals surface area contributed by atoms with Crippen LogP contribution >= 0.6 is 0 Å². The molecule has 1 aromatic heterocycles. The molecule has 14 unspecified atom stereocenters. The van der Waals surface area contributed by atoms with Gasteiger partial charge >= 0.3 is 5.97 Å². The molecule has 0 radical (unpaired) electrons. The molecule has 1 saturated carbocycles. The lowest BCUT2D eigenvalue weighted by Gasteiger charge is -2.49. The maximum absolute atomic E-state index is 13.9. The number of hydrogen-bond acceptors (Lipinski definition) is 20. The summed E-state index contributed by atoms with van der Waals surface area (Å²) in [6.07, 6.45) is -12.9. The summed E-state index contributed by atoms with van der Waals surface area (Å²) in [4.78, 5) is 27.1. The fourth-order valence-electron chi connectivity index (χ4n) is 8.74. The summed E-state index contributed by atoms with van der Waals surface area (Å²) < 4.78 is 45.4. The number of fused-ring (bicyclic) bond motifs is 3. The number of esters is 1. The molecule has 4 heterocycles. The molecule has 20 nitrogen and oxygen atoms in total. The predicted molar refractivity (Wildman–Crippen MR) is 214 cm³/mol. The van der Waals surface area contributed by atoms with Crippen molar-refractivity contribution in [2.75, 3.05) is 26.9 Å². The molecule has 0 amide bonds. The Morgan fingerprint density at radius 3 is 2.14 bits per heavy atom. The lowest BCUT2D eigenvalue weighted by atomic mass is 9.59. The zero-order chi connectivity index (χ0) is 45.8. The Hall–Kier alpha value is -4.68. The van der Waals surface area contributed by atoms with Crippen LogP contribution in [0.4, 0.5) is 0 Å². The first-order valence-electron chi connectivity index (χ1n) is 20.1. The van der Waals surface area contributed by atoms with Crippen LogP contribution in [-0.2, 0) is 23.7 Å². The normalized spacial score (nSPS) is 37.0. The van der Waals surface area contributed by atoms with Crippen molar-refractivity contribution in [3.63, 3.8) is 0 Å². The molecule has 4 aliphatic rings. The number of ether oxygens (including phenoxy) is 7. The van der Waals surface area contributed by atoms with Gasteiger partial charge in [-0.15, -0.1) is 0 Å². The Morgan fingerprint density at radius 2 is 1.51 bits per heavy atom. The summed E-state index contributed by atoms with van der Waals surface area (Å²) in [5.74, 6) is -2.25. The van der Waals surface area contributed by atoms with Gasteiger partial charge < -0.3 is 88.6 Å². The summed E-state index contributed by atoms with van der Waals surface area (Å²) in [7, 11) is 1.33. The van der Waals surface area contributed by atoms with Crippen molar-refractivity contribution in [1.29, 1.82) is 0 Å². The lowest BCUT2D eigenvalue weighted by molar-refractivity contribution is -0.280. The van der Waals surface area contributed by atoms with E-state index in [0.717, 1.165) is 12.1 Å². The van der Waals surface area contributed by atoms with E-state index in [4.69, 9.17) is 37.6 Å². The third-order valence-electron chi connectivity index (χ3n) is 12.3. The molecule has 3 saturated heterocycles. The number of carbonyl (C=O) groups excluding carboxylic acids is 1. The lowest BCUT2D eigenvalue weighted by Crippen LogP contribution is -2.61.